The van der Waals surface area contributed by atoms with Gasteiger partial charge >= 0.3 is 0 Å². The fraction of sp³-hybridized carbons (Fsp3) is 0.917. The van der Waals surface area contributed by atoms with Gasteiger partial charge in [0.2, 0.25) is 5.91 Å². The molecule has 15 heavy (non-hydrogen) atoms. The average molecular weight is 213 g/mol. The molecule has 0 atom stereocenters. The predicted molar refractivity (Wildman–Crippen MR) is 60.5 cm³/mol. The van der Waals surface area contributed by atoms with Crippen molar-refractivity contribution >= 4 is 5.91 Å². The van der Waals surface area contributed by atoms with Crippen LogP contribution in [0.5, 0.6) is 0 Å². The third kappa shape index (κ3) is 3.49. The number of carbonyl (C=O) groups excluding carboxylic acids is 1. The minimum Gasteiger partial charge on any atom is -0.395 e. The van der Waals surface area contributed by atoms with Crippen LogP contribution in [-0.4, -0.2) is 35.1 Å². The summed E-state index contributed by atoms with van der Waals surface area (Å²) in [5, 5.41) is 8.94. The van der Waals surface area contributed by atoms with Gasteiger partial charge in [0, 0.05) is 18.5 Å². The second-order valence-electron chi connectivity index (χ2n) is 4.68. The fourth-order valence-corrected chi connectivity index (χ4v) is 2.31. The number of carbonyl (C=O) groups is 1. The van der Waals surface area contributed by atoms with Crippen LogP contribution in [0, 0.1) is 5.92 Å². The van der Waals surface area contributed by atoms with E-state index in [9.17, 15) is 4.79 Å². The summed E-state index contributed by atoms with van der Waals surface area (Å²) < 4.78 is 0. The molecule has 1 N–H and O–H groups in total. The normalized spacial score (nSPS) is 18.1. The zero-order chi connectivity index (χ0) is 11.3. The molecule has 0 aromatic rings. The Labute approximate surface area is 92.5 Å². The highest BCUT2D eigenvalue weighted by molar-refractivity contribution is 5.79. The van der Waals surface area contributed by atoms with E-state index in [1.807, 2.05) is 18.7 Å². The standard InChI is InChI=1S/C12H23NO2/c1-10(2)13(8-9-14)12(15)11-6-4-3-5-7-11/h10-11,14H,3-9H2,1-2H3. The molecule has 1 amide bonds. The molecule has 1 aliphatic carbocycles. The second kappa shape index (κ2) is 6.11. The topological polar surface area (TPSA) is 40.5 Å². The van der Waals surface area contributed by atoms with Gasteiger partial charge in [-0.05, 0) is 26.7 Å². The third-order valence-corrected chi connectivity index (χ3v) is 3.20. The van der Waals surface area contributed by atoms with Crippen molar-refractivity contribution in [1.82, 2.24) is 4.90 Å². The Bertz CT molecular complexity index is 198. The predicted octanol–water partition coefficient (Wildman–Crippen LogP) is 1.80. The van der Waals surface area contributed by atoms with E-state index in [0.717, 1.165) is 12.8 Å². The van der Waals surface area contributed by atoms with Crippen molar-refractivity contribution in [1.29, 1.82) is 0 Å². The van der Waals surface area contributed by atoms with Gasteiger partial charge in [-0.3, -0.25) is 4.79 Å². The molecule has 3 nitrogen and oxygen atoms in total. The van der Waals surface area contributed by atoms with Gasteiger partial charge in [0.05, 0.1) is 6.61 Å². The summed E-state index contributed by atoms with van der Waals surface area (Å²) in [6.45, 7) is 4.57. The minimum absolute atomic E-state index is 0.0661. The molecular weight excluding hydrogens is 190 g/mol. The summed E-state index contributed by atoms with van der Waals surface area (Å²) in [6.07, 6.45) is 5.70. The molecule has 0 saturated heterocycles. The van der Waals surface area contributed by atoms with Gasteiger partial charge in [-0.25, -0.2) is 0 Å². The summed E-state index contributed by atoms with van der Waals surface area (Å²) in [6, 6.07) is 0.201. The van der Waals surface area contributed by atoms with E-state index in [4.69, 9.17) is 5.11 Å². The van der Waals surface area contributed by atoms with Crippen LogP contribution in [0.3, 0.4) is 0 Å². The van der Waals surface area contributed by atoms with Crippen molar-refractivity contribution in [2.75, 3.05) is 13.2 Å². The maximum absolute atomic E-state index is 12.1. The molecule has 1 saturated carbocycles. The maximum atomic E-state index is 12.1. The molecular formula is C12H23NO2. The SMILES string of the molecule is CC(C)N(CCO)C(=O)C1CCCCC1. The fourth-order valence-electron chi connectivity index (χ4n) is 2.31. The first-order valence-corrected chi connectivity index (χ1v) is 6.08. The summed E-state index contributed by atoms with van der Waals surface area (Å²) in [5.74, 6) is 0.464. The van der Waals surface area contributed by atoms with Gasteiger partial charge in [-0.1, -0.05) is 19.3 Å². The maximum Gasteiger partial charge on any atom is 0.225 e. The monoisotopic (exact) mass is 213 g/mol. The number of rotatable bonds is 4. The van der Waals surface area contributed by atoms with Gasteiger partial charge in [-0.2, -0.15) is 0 Å². The van der Waals surface area contributed by atoms with Crippen LogP contribution in [0.15, 0.2) is 0 Å². The molecule has 1 aliphatic rings. The van der Waals surface area contributed by atoms with E-state index in [-0.39, 0.29) is 24.5 Å². The van der Waals surface area contributed by atoms with Crippen molar-refractivity contribution in [2.45, 2.75) is 52.0 Å². The lowest BCUT2D eigenvalue weighted by Crippen LogP contribution is -2.43. The van der Waals surface area contributed by atoms with Gasteiger partial charge in [0.15, 0.2) is 0 Å². The number of hydrogen-bond donors (Lipinski definition) is 1. The molecule has 1 fully saturated rings. The van der Waals surface area contributed by atoms with Crippen LogP contribution in [0.2, 0.25) is 0 Å². The highest BCUT2D eigenvalue weighted by Gasteiger charge is 2.26. The van der Waals surface area contributed by atoms with Crippen molar-refractivity contribution in [2.24, 2.45) is 5.92 Å². The van der Waals surface area contributed by atoms with Crippen LogP contribution in [0.4, 0.5) is 0 Å². The van der Waals surface area contributed by atoms with E-state index in [0.29, 0.717) is 6.54 Å². The molecule has 0 heterocycles. The number of amides is 1. The smallest absolute Gasteiger partial charge is 0.225 e. The average Bonchev–Trinajstić information content (AvgIpc) is 2.26. The van der Waals surface area contributed by atoms with E-state index in [2.05, 4.69) is 0 Å². The van der Waals surface area contributed by atoms with Crippen molar-refractivity contribution in [3.63, 3.8) is 0 Å². The molecule has 3 heteroatoms. The number of nitrogens with zero attached hydrogens (tertiary/aromatic N) is 1. The molecule has 0 bridgehead atoms. The Morgan fingerprint density at radius 1 is 1.33 bits per heavy atom. The summed E-state index contributed by atoms with van der Waals surface area (Å²) in [5.41, 5.74) is 0. The van der Waals surface area contributed by atoms with E-state index in [1.54, 1.807) is 0 Å². The minimum atomic E-state index is 0.0661. The van der Waals surface area contributed by atoms with E-state index in [1.165, 1.54) is 19.3 Å². The van der Waals surface area contributed by atoms with Gasteiger partial charge < -0.3 is 10.0 Å². The number of aliphatic hydroxyl groups excluding tert-OH is 1. The summed E-state index contributed by atoms with van der Waals surface area (Å²) >= 11 is 0. The lowest BCUT2D eigenvalue weighted by atomic mass is 9.88. The lowest BCUT2D eigenvalue weighted by Gasteiger charge is -2.31. The molecule has 1 rings (SSSR count). The zero-order valence-corrected chi connectivity index (χ0v) is 9.91. The molecule has 0 radical (unpaired) electrons. The highest BCUT2D eigenvalue weighted by atomic mass is 16.3. The Morgan fingerprint density at radius 3 is 2.40 bits per heavy atom. The zero-order valence-electron chi connectivity index (χ0n) is 9.91. The third-order valence-electron chi connectivity index (χ3n) is 3.20. The number of aliphatic hydroxyl groups is 1. The summed E-state index contributed by atoms with van der Waals surface area (Å²) in [7, 11) is 0. The first-order valence-electron chi connectivity index (χ1n) is 6.08. The quantitative estimate of drug-likeness (QED) is 0.773. The first-order chi connectivity index (χ1) is 7.16. The molecule has 0 aromatic carbocycles. The van der Waals surface area contributed by atoms with Crippen molar-refractivity contribution in [3.05, 3.63) is 0 Å². The van der Waals surface area contributed by atoms with Crippen molar-refractivity contribution in [3.8, 4) is 0 Å². The summed E-state index contributed by atoms with van der Waals surface area (Å²) in [4.78, 5) is 14.0. The van der Waals surface area contributed by atoms with Gasteiger partial charge in [0.1, 0.15) is 0 Å². The molecule has 0 spiro atoms. The number of hydrogen-bond acceptors (Lipinski definition) is 2. The molecule has 0 aliphatic heterocycles. The van der Waals surface area contributed by atoms with E-state index >= 15 is 0 Å². The molecule has 0 unspecified atom stereocenters. The van der Waals surface area contributed by atoms with Crippen LogP contribution in [0.1, 0.15) is 46.0 Å². The first kappa shape index (κ1) is 12.5. The largest absolute Gasteiger partial charge is 0.395 e. The van der Waals surface area contributed by atoms with Crippen molar-refractivity contribution < 1.29 is 9.90 Å². The highest BCUT2D eigenvalue weighted by Crippen LogP contribution is 2.25. The Balaban J connectivity index is 2.53. The van der Waals surface area contributed by atoms with Crippen LogP contribution in [0.25, 0.3) is 0 Å². The Kier molecular flexibility index (Phi) is 5.09. The molecule has 0 aromatic heterocycles. The lowest BCUT2D eigenvalue weighted by molar-refractivity contribution is -0.138. The van der Waals surface area contributed by atoms with Crippen LogP contribution < -0.4 is 0 Å². The Morgan fingerprint density at radius 2 is 1.93 bits per heavy atom. The second-order valence-corrected chi connectivity index (χ2v) is 4.68. The van der Waals surface area contributed by atoms with Gasteiger partial charge in [0.25, 0.3) is 0 Å². The van der Waals surface area contributed by atoms with Gasteiger partial charge in [-0.15, -0.1) is 0 Å². The van der Waals surface area contributed by atoms with Crippen LogP contribution >= 0.6 is 0 Å². The van der Waals surface area contributed by atoms with E-state index < -0.39 is 0 Å². The molecule has 88 valence electrons. The van der Waals surface area contributed by atoms with Crippen LogP contribution in [-0.2, 0) is 4.79 Å². The Hall–Kier alpha value is -0.570.